The fraction of sp³-hybridized carbons (Fsp3) is 0.789. The number of guanidine groups is 1. The maximum Gasteiger partial charge on any atom is 0.230 e. The largest absolute Gasteiger partial charge is 0.356 e. The topological polar surface area (TPSA) is 87.4 Å². The molecule has 0 aromatic carbocycles. The third kappa shape index (κ3) is 4.25. The summed E-state index contributed by atoms with van der Waals surface area (Å²) in [6.45, 7) is 4.45. The number of fused-ring (bicyclic) bond motifs is 1. The molecule has 1 unspecified atom stereocenters. The van der Waals surface area contributed by atoms with E-state index in [1.165, 1.54) is 0 Å². The zero-order chi connectivity index (χ0) is 19.4. The highest BCUT2D eigenvalue weighted by atomic mass is 16.2. The van der Waals surface area contributed by atoms with E-state index in [-0.39, 0.29) is 11.3 Å². The molecule has 3 rings (SSSR count). The second kappa shape index (κ2) is 8.27. The zero-order valence-electron chi connectivity index (χ0n) is 17.1. The predicted molar refractivity (Wildman–Crippen MR) is 106 cm³/mol. The van der Waals surface area contributed by atoms with E-state index in [0.717, 1.165) is 69.2 Å². The van der Waals surface area contributed by atoms with Gasteiger partial charge in [0.1, 0.15) is 11.6 Å². The molecule has 1 amide bonds. The molecule has 1 aromatic heterocycles. The molecule has 0 saturated heterocycles. The molecule has 8 heteroatoms. The van der Waals surface area contributed by atoms with Crippen LogP contribution in [0.2, 0.25) is 0 Å². The third-order valence-electron chi connectivity index (χ3n) is 6.03. The van der Waals surface area contributed by atoms with Crippen molar-refractivity contribution in [1.29, 1.82) is 0 Å². The summed E-state index contributed by atoms with van der Waals surface area (Å²) in [6.07, 6.45) is 6.22. The number of amides is 1. The van der Waals surface area contributed by atoms with E-state index >= 15 is 0 Å². The Hall–Kier alpha value is -2.12. The fourth-order valence-corrected chi connectivity index (χ4v) is 4.40. The molecule has 2 aliphatic rings. The summed E-state index contributed by atoms with van der Waals surface area (Å²) >= 11 is 0. The Labute approximate surface area is 161 Å². The third-order valence-corrected chi connectivity index (χ3v) is 6.03. The Morgan fingerprint density at radius 1 is 1.30 bits per heavy atom. The summed E-state index contributed by atoms with van der Waals surface area (Å²) in [6, 6.07) is 0. The van der Waals surface area contributed by atoms with Crippen molar-refractivity contribution >= 4 is 11.9 Å². The number of carbonyl (C=O) groups excluding carboxylic acids is 1. The first-order valence-corrected chi connectivity index (χ1v) is 10.00. The van der Waals surface area contributed by atoms with Gasteiger partial charge in [0.2, 0.25) is 5.91 Å². The first kappa shape index (κ1) is 19.6. The van der Waals surface area contributed by atoms with Crippen LogP contribution in [0.25, 0.3) is 0 Å². The number of carbonyl (C=O) groups is 1. The van der Waals surface area contributed by atoms with Crippen LogP contribution >= 0.6 is 0 Å². The van der Waals surface area contributed by atoms with E-state index in [0.29, 0.717) is 12.5 Å². The molecule has 1 fully saturated rings. The van der Waals surface area contributed by atoms with Crippen molar-refractivity contribution in [2.24, 2.45) is 16.3 Å². The first-order chi connectivity index (χ1) is 12.9. The summed E-state index contributed by atoms with van der Waals surface area (Å²) < 4.78 is 2.22. The molecule has 2 N–H and O–H groups in total. The van der Waals surface area contributed by atoms with Gasteiger partial charge in [0.25, 0.3) is 0 Å². The smallest absolute Gasteiger partial charge is 0.230 e. The second-order valence-electron chi connectivity index (χ2n) is 8.17. The Morgan fingerprint density at radius 3 is 2.70 bits per heavy atom. The van der Waals surface area contributed by atoms with Gasteiger partial charge < -0.3 is 20.1 Å². The number of aromatic nitrogens is 3. The zero-order valence-corrected chi connectivity index (χ0v) is 17.1. The standard InChI is InChI=1S/C19H33N7O/c1-14-23-24-16-8-7-15(12-26(14)16)11-21-18(20-2)22-13-19(9-5-6-10-19)17(27)25(3)4/h15H,5-13H2,1-4H3,(H2,20,21,22). The van der Waals surface area contributed by atoms with Gasteiger partial charge >= 0.3 is 0 Å². The molecule has 1 saturated carbocycles. The number of rotatable bonds is 5. The van der Waals surface area contributed by atoms with Crippen LogP contribution in [-0.2, 0) is 17.8 Å². The van der Waals surface area contributed by atoms with E-state index in [1.807, 2.05) is 21.0 Å². The molecule has 2 heterocycles. The van der Waals surface area contributed by atoms with Gasteiger partial charge in [0, 0.05) is 47.2 Å². The van der Waals surface area contributed by atoms with Crippen molar-refractivity contribution in [1.82, 2.24) is 30.3 Å². The van der Waals surface area contributed by atoms with E-state index in [9.17, 15) is 4.79 Å². The average Bonchev–Trinajstić information content (AvgIpc) is 3.29. The van der Waals surface area contributed by atoms with E-state index < -0.39 is 0 Å². The van der Waals surface area contributed by atoms with Crippen LogP contribution < -0.4 is 10.6 Å². The lowest BCUT2D eigenvalue weighted by Crippen LogP contribution is -2.50. The number of aliphatic imine (C=N–C) groups is 1. The lowest BCUT2D eigenvalue weighted by molar-refractivity contribution is -0.138. The molecule has 1 aliphatic heterocycles. The number of hydrogen-bond acceptors (Lipinski definition) is 4. The summed E-state index contributed by atoms with van der Waals surface area (Å²) in [5.41, 5.74) is -0.291. The Morgan fingerprint density at radius 2 is 2.04 bits per heavy atom. The molecule has 1 atom stereocenters. The quantitative estimate of drug-likeness (QED) is 0.591. The van der Waals surface area contributed by atoms with Gasteiger partial charge in [-0.1, -0.05) is 12.8 Å². The number of aryl methyl sites for hydroxylation is 2. The van der Waals surface area contributed by atoms with E-state index in [1.54, 1.807) is 11.9 Å². The number of hydrogen-bond donors (Lipinski definition) is 2. The highest BCUT2D eigenvalue weighted by molar-refractivity contribution is 5.85. The summed E-state index contributed by atoms with van der Waals surface area (Å²) in [7, 11) is 5.48. The lowest BCUT2D eigenvalue weighted by atomic mass is 9.84. The normalized spacial score (nSPS) is 21.6. The van der Waals surface area contributed by atoms with Crippen LogP contribution in [0.1, 0.15) is 43.8 Å². The van der Waals surface area contributed by atoms with Crippen LogP contribution in [0.15, 0.2) is 4.99 Å². The molecule has 1 aliphatic carbocycles. The minimum atomic E-state index is -0.291. The Balaban J connectivity index is 1.52. The summed E-state index contributed by atoms with van der Waals surface area (Å²) in [4.78, 5) is 18.8. The van der Waals surface area contributed by atoms with Crippen molar-refractivity contribution in [2.45, 2.75) is 52.0 Å². The maximum atomic E-state index is 12.7. The van der Waals surface area contributed by atoms with Gasteiger partial charge in [-0.05, 0) is 32.1 Å². The summed E-state index contributed by atoms with van der Waals surface area (Å²) in [5, 5.41) is 15.3. The van der Waals surface area contributed by atoms with Crippen molar-refractivity contribution < 1.29 is 4.79 Å². The van der Waals surface area contributed by atoms with Crippen LogP contribution in [0.5, 0.6) is 0 Å². The fourth-order valence-electron chi connectivity index (χ4n) is 4.40. The molecular weight excluding hydrogens is 342 g/mol. The number of nitrogens with zero attached hydrogens (tertiary/aromatic N) is 5. The van der Waals surface area contributed by atoms with Crippen molar-refractivity contribution in [3.63, 3.8) is 0 Å². The van der Waals surface area contributed by atoms with E-state index in [2.05, 4.69) is 30.4 Å². The van der Waals surface area contributed by atoms with Crippen molar-refractivity contribution in [2.75, 3.05) is 34.2 Å². The highest BCUT2D eigenvalue weighted by Crippen LogP contribution is 2.38. The molecule has 8 nitrogen and oxygen atoms in total. The molecule has 27 heavy (non-hydrogen) atoms. The van der Waals surface area contributed by atoms with Crippen LogP contribution in [0.3, 0.4) is 0 Å². The monoisotopic (exact) mass is 375 g/mol. The molecule has 0 bridgehead atoms. The van der Waals surface area contributed by atoms with Crippen LogP contribution in [0, 0.1) is 18.3 Å². The maximum absolute atomic E-state index is 12.7. The Bertz CT molecular complexity index is 688. The molecule has 0 radical (unpaired) electrons. The highest BCUT2D eigenvalue weighted by Gasteiger charge is 2.42. The molecule has 150 valence electrons. The minimum Gasteiger partial charge on any atom is -0.356 e. The van der Waals surface area contributed by atoms with Crippen LogP contribution in [0.4, 0.5) is 0 Å². The van der Waals surface area contributed by atoms with Gasteiger partial charge in [0.15, 0.2) is 5.96 Å². The van der Waals surface area contributed by atoms with Gasteiger partial charge in [-0.15, -0.1) is 10.2 Å². The van der Waals surface area contributed by atoms with Crippen LogP contribution in [-0.4, -0.2) is 65.8 Å². The van der Waals surface area contributed by atoms with Crippen molar-refractivity contribution in [3.8, 4) is 0 Å². The predicted octanol–water partition coefficient (Wildman–Crippen LogP) is 0.963. The van der Waals surface area contributed by atoms with Gasteiger partial charge in [0.05, 0.1) is 5.41 Å². The van der Waals surface area contributed by atoms with Crippen molar-refractivity contribution in [3.05, 3.63) is 11.6 Å². The molecule has 0 spiro atoms. The summed E-state index contributed by atoms with van der Waals surface area (Å²) in [5.74, 6) is 3.61. The number of nitrogens with one attached hydrogen (secondary N) is 2. The second-order valence-corrected chi connectivity index (χ2v) is 8.17. The minimum absolute atomic E-state index is 0.228. The van der Waals surface area contributed by atoms with Gasteiger partial charge in [-0.25, -0.2) is 0 Å². The lowest BCUT2D eigenvalue weighted by Gasteiger charge is -2.31. The molecular formula is C19H33N7O. The van der Waals surface area contributed by atoms with Gasteiger partial charge in [-0.3, -0.25) is 9.79 Å². The Kier molecular flexibility index (Phi) is 6.01. The molecule has 1 aromatic rings. The van der Waals surface area contributed by atoms with Gasteiger partial charge in [-0.2, -0.15) is 0 Å². The first-order valence-electron chi connectivity index (χ1n) is 10.00. The SMILES string of the molecule is CN=C(NCC1CCc2nnc(C)n2C1)NCC1(C(=O)N(C)C)CCCC1. The van der Waals surface area contributed by atoms with E-state index in [4.69, 9.17) is 0 Å². The average molecular weight is 376 g/mol.